The molecule has 8 nitrogen and oxygen atoms in total. The second kappa shape index (κ2) is 11.8. The Kier molecular flexibility index (Phi) is 8.76. The van der Waals surface area contributed by atoms with Gasteiger partial charge in [0.1, 0.15) is 6.04 Å². The average Bonchev–Trinajstić information content (AvgIpc) is 3.12. The maximum Gasteiger partial charge on any atom is 0.262 e. The lowest BCUT2D eigenvalue weighted by Crippen LogP contribution is -2.50. The van der Waals surface area contributed by atoms with Crippen LogP contribution >= 0.6 is 0 Å². The van der Waals surface area contributed by atoms with Crippen LogP contribution in [-0.4, -0.2) is 65.6 Å². The highest BCUT2D eigenvalue weighted by Gasteiger charge is 2.44. The molecule has 2 unspecified atom stereocenters. The van der Waals surface area contributed by atoms with Crippen molar-refractivity contribution in [2.24, 2.45) is 5.92 Å². The monoisotopic (exact) mass is 478 g/mol. The SMILES string of the molecule is CCC(C)C(C(=O)Nc1ccc(C(=O)NCCN(CC)CC)cc1)N1C(=O)c2ccccc2C1=O. The molecule has 8 heteroatoms. The standard InChI is InChI=1S/C27H34N4O4/c1-5-18(4)23(31-26(34)21-10-8-9-11-22(21)27(31)35)25(33)29-20-14-12-19(13-15-20)24(32)28-16-17-30(6-2)7-3/h8-15,18,23H,5-7,16-17H2,1-4H3,(H,28,32)(H,29,33). The zero-order valence-corrected chi connectivity index (χ0v) is 20.8. The van der Waals surface area contributed by atoms with E-state index in [4.69, 9.17) is 0 Å². The molecule has 0 fully saturated rings. The molecule has 0 bridgehead atoms. The second-order valence-electron chi connectivity index (χ2n) is 8.71. The van der Waals surface area contributed by atoms with Crippen LogP contribution in [0.1, 0.15) is 65.2 Å². The fraction of sp³-hybridized carbons (Fsp3) is 0.407. The van der Waals surface area contributed by atoms with Crippen LogP contribution in [0.25, 0.3) is 0 Å². The van der Waals surface area contributed by atoms with Gasteiger partial charge in [-0.05, 0) is 55.4 Å². The van der Waals surface area contributed by atoms with Crippen LogP contribution in [0.5, 0.6) is 0 Å². The zero-order valence-electron chi connectivity index (χ0n) is 20.8. The third kappa shape index (κ3) is 5.77. The molecule has 2 atom stereocenters. The van der Waals surface area contributed by atoms with Crippen LogP contribution in [0.15, 0.2) is 48.5 Å². The van der Waals surface area contributed by atoms with Gasteiger partial charge in [-0.2, -0.15) is 0 Å². The minimum absolute atomic E-state index is 0.182. The minimum Gasteiger partial charge on any atom is -0.351 e. The lowest BCUT2D eigenvalue weighted by molar-refractivity contribution is -0.121. The highest BCUT2D eigenvalue weighted by atomic mass is 16.2. The Balaban J connectivity index is 1.68. The number of hydrogen-bond donors (Lipinski definition) is 2. The van der Waals surface area contributed by atoms with E-state index in [1.54, 1.807) is 48.5 Å². The van der Waals surface area contributed by atoms with E-state index in [1.807, 2.05) is 13.8 Å². The number of nitrogens with zero attached hydrogens (tertiary/aromatic N) is 2. The number of fused-ring (bicyclic) bond motifs is 1. The summed E-state index contributed by atoms with van der Waals surface area (Å²) < 4.78 is 0. The molecule has 3 rings (SSSR count). The second-order valence-corrected chi connectivity index (χ2v) is 8.71. The van der Waals surface area contributed by atoms with Crippen LogP contribution in [0.2, 0.25) is 0 Å². The van der Waals surface area contributed by atoms with Crippen molar-refractivity contribution in [1.29, 1.82) is 0 Å². The number of benzene rings is 2. The molecular weight excluding hydrogens is 444 g/mol. The first-order valence-electron chi connectivity index (χ1n) is 12.2. The molecule has 35 heavy (non-hydrogen) atoms. The Morgan fingerprint density at radius 3 is 2.00 bits per heavy atom. The number of carbonyl (C=O) groups excluding carboxylic acids is 4. The lowest BCUT2D eigenvalue weighted by atomic mass is 9.96. The van der Waals surface area contributed by atoms with Gasteiger partial charge in [0.05, 0.1) is 11.1 Å². The number of imide groups is 1. The van der Waals surface area contributed by atoms with Crippen molar-refractivity contribution < 1.29 is 19.2 Å². The van der Waals surface area contributed by atoms with E-state index in [2.05, 4.69) is 29.4 Å². The van der Waals surface area contributed by atoms with Crippen molar-refractivity contribution in [2.75, 3.05) is 31.5 Å². The molecule has 0 aromatic heterocycles. The fourth-order valence-corrected chi connectivity index (χ4v) is 4.20. The minimum atomic E-state index is -0.949. The van der Waals surface area contributed by atoms with Crippen molar-refractivity contribution in [3.05, 3.63) is 65.2 Å². The molecule has 0 saturated carbocycles. The number of hydrogen-bond acceptors (Lipinski definition) is 5. The third-order valence-corrected chi connectivity index (χ3v) is 6.58. The summed E-state index contributed by atoms with van der Waals surface area (Å²) in [7, 11) is 0. The van der Waals surface area contributed by atoms with Gasteiger partial charge >= 0.3 is 0 Å². The number of carbonyl (C=O) groups is 4. The van der Waals surface area contributed by atoms with Gasteiger partial charge in [-0.15, -0.1) is 0 Å². The van der Waals surface area contributed by atoms with E-state index >= 15 is 0 Å². The van der Waals surface area contributed by atoms with E-state index in [0.717, 1.165) is 24.5 Å². The first-order chi connectivity index (χ1) is 16.8. The Bertz CT molecular complexity index is 1040. The van der Waals surface area contributed by atoms with E-state index in [9.17, 15) is 19.2 Å². The molecule has 2 aromatic rings. The Morgan fingerprint density at radius 1 is 0.914 bits per heavy atom. The first kappa shape index (κ1) is 26.1. The quantitative estimate of drug-likeness (QED) is 0.482. The summed E-state index contributed by atoms with van der Waals surface area (Å²) >= 11 is 0. The summed E-state index contributed by atoms with van der Waals surface area (Å²) in [4.78, 5) is 55.0. The van der Waals surface area contributed by atoms with Crippen molar-refractivity contribution >= 4 is 29.3 Å². The molecule has 0 aliphatic carbocycles. The summed E-state index contributed by atoms with van der Waals surface area (Å²) in [6.45, 7) is 11.1. The van der Waals surface area contributed by atoms with Gasteiger partial charge < -0.3 is 15.5 Å². The molecule has 2 N–H and O–H groups in total. The molecule has 4 amide bonds. The van der Waals surface area contributed by atoms with Crippen LogP contribution < -0.4 is 10.6 Å². The van der Waals surface area contributed by atoms with Crippen LogP contribution in [-0.2, 0) is 4.79 Å². The van der Waals surface area contributed by atoms with Gasteiger partial charge in [0, 0.05) is 24.3 Å². The molecule has 1 aliphatic rings. The number of anilines is 1. The van der Waals surface area contributed by atoms with Gasteiger partial charge in [-0.3, -0.25) is 24.1 Å². The van der Waals surface area contributed by atoms with Gasteiger partial charge in [0.15, 0.2) is 0 Å². The van der Waals surface area contributed by atoms with Gasteiger partial charge in [0.2, 0.25) is 5.91 Å². The topological polar surface area (TPSA) is 98.8 Å². The normalized spacial score (nSPS) is 14.6. The highest BCUT2D eigenvalue weighted by molar-refractivity contribution is 6.23. The number of likely N-dealkylation sites (N-methyl/N-ethyl adjacent to an activating group) is 1. The van der Waals surface area contributed by atoms with E-state index in [1.165, 1.54) is 0 Å². The van der Waals surface area contributed by atoms with Crippen LogP contribution in [0.4, 0.5) is 5.69 Å². The smallest absolute Gasteiger partial charge is 0.262 e. The summed E-state index contributed by atoms with van der Waals surface area (Å²) in [5, 5.41) is 5.72. The molecule has 1 aliphatic heterocycles. The Hall–Kier alpha value is -3.52. The molecule has 0 spiro atoms. The van der Waals surface area contributed by atoms with Crippen molar-refractivity contribution in [1.82, 2.24) is 15.1 Å². The Labute approximate surface area is 206 Å². The van der Waals surface area contributed by atoms with Crippen molar-refractivity contribution in [2.45, 2.75) is 40.2 Å². The van der Waals surface area contributed by atoms with Gasteiger partial charge in [-0.25, -0.2) is 0 Å². The third-order valence-electron chi connectivity index (χ3n) is 6.58. The number of rotatable bonds is 11. The molecule has 1 heterocycles. The van der Waals surface area contributed by atoms with Crippen molar-refractivity contribution in [3.8, 4) is 0 Å². The summed E-state index contributed by atoms with van der Waals surface area (Å²) in [5.74, 6) is -1.78. The maximum absolute atomic E-state index is 13.3. The molecule has 186 valence electrons. The predicted molar refractivity (Wildman–Crippen MR) is 135 cm³/mol. The largest absolute Gasteiger partial charge is 0.351 e. The van der Waals surface area contributed by atoms with E-state index < -0.39 is 23.8 Å². The molecule has 0 saturated heterocycles. The molecular formula is C27H34N4O4. The highest BCUT2D eigenvalue weighted by Crippen LogP contribution is 2.29. The summed E-state index contributed by atoms with van der Waals surface area (Å²) in [5.41, 5.74) is 1.60. The molecule has 2 aromatic carbocycles. The zero-order chi connectivity index (χ0) is 25.5. The first-order valence-corrected chi connectivity index (χ1v) is 12.2. The van der Waals surface area contributed by atoms with E-state index in [0.29, 0.717) is 35.3 Å². The van der Waals surface area contributed by atoms with E-state index in [-0.39, 0.29) is 11.8 Å². The Morgan fingerprint density at radius 2 is 1.49 bits per heavy atom. The summed E-state index contributed by atoms with van der Waals surface area (Å²) in [6, 6.07) is 12.2. The van der Waals surface area contributed by atoms with Gasteiger partial charge in [-0.1, -0.05) is 46.2 Å². The van der Waals surface area contributed by atoms with Crippen molar-refractivity contribution in [3.63, 3.8) is 0 Å². The number of nitrogens with one attached hydrogen (secondary N) is 2. The van der Waals surface area contributed by atoms with Crippen LogP contribution in [0, 0.1) is 5.92 Å². The maximum atomic E-state index is 13.3. The predicted octanol–water partition coefficient (Wildman–Crippen LogP) is 3.41. The lowest BCUT2D eigenvalue weighted by Gasteiger charge is -2.29. The molecule has 0 radical (unpaired) electrons. The summed E-state index contributed by atoms with van der Waals surface area (Å²) in [6.07, 6.45) is 0.609. The van der Waals surface area contributed by atoms with Crippen LogP contribution in [0.3, 0.4) is 0 Å². The average molecular weight is 479 g/mol. The number of amides is 4. The fourth-order valence-electron chi connectivity index (χ4n) is 4.20. The van der Waals surface area contributed by atoms with Gasteiger partial charge in [0.25, 0.3) is 17.7 Å².